The lowest BCUT2D eigenvalue weighted by molar-refractivity contribution is 0.0919. The van der Waals surface area contributed by atoms with Gasteiger partial charge < -0.3 is 10.6 Å². The molecule has 1 unspecified atom stereocenters. The lowest BCUT2D eigenvalue weighted by Crippen LogP contribution is -2.52. The van der Waals surface area contributed by atoms with Crippen LogP contribution >= 0.6 is 12.4 Å². The molecule has 0 radical (unpaired) electrons. The normalized spacial score (nSPS) is 21.5. The Morgan fingerprint density at radius 3 is 2.95 bits per heavy atom. The van der Waals surface area contributed by atoms with Crippen molar-refractivity contribution in [3.63, 3.8) is 0 Å². The Morgan fingerprint density at radius 2 is 2.37 bits per heavy atom. The molecule has 1 saturated heterocycles. The van der Waals surface area contributed by atoms with Gasteiger partial charge in [-0.05, 0) is 30.9 Å². The van der Waals surface area contributed by atoms with Crippen molar-refractivity contribution in [2.45, 2.75) is 32.7 Å². The summed E-state index contributed by atoms with van der Waals surface area (Å²) < 4.78 is 1.59. The minimum absolute atomic E-state index is 0. The first-order valence-electron chi connectivity index (χ1n) is 6.50. The van der Waals surface area contributed by atoms with Crippen LogP contribution in [0.4, 0.5) is 0 Å². The molecule has 2 rings (SSSR count). The number of piperidine rings is 1. The topological polar surface area (TPSA) is 59.0 Å². The van der Waals surface area contributed by atoms with Gasteiger partial charge in [0.2, 0.25) is 0 Å². The van der Waals surface area contributed by atoms with Gasteiger partial charge in [0.05, 0.1) is 0 Å². The molecule has 0 spiro atoms. The lowest BCUT2D eigenvalue weighted by atomic mass is 9.77. The summed E-state index contributed by atoms with van der Waals surface area (Å²) >= 11 is 0. The van der Waals surface area contributed by atoms with Gasteiger partial charge in [0, 0.05) is 25.8 Å². The minimum Gasteiger partial charge on any atom is -0.349 e. The van der Waals surface area contributed by atoms with E-state index in [0.717, 1.165) is 6.54 Å². The molecule has 1 aromatic rings. The van der Waals surface area contributed by atoms with Gasteiger partial charge in [-0.15, -0.1) is 12.4 Å². The van der Waals surface area contributed by atoms with Gasteiger partial charge in [-0.1, -0.05) is 13.8 Å². The van der Waals surface area contributed by atoms with Crippen molar-refractivity contribution in [2.75, 3.05) is 13.1 Å². The van der Waals surface area contributed by atoms with Gasteiger partial charge in [-0.2, -0.15) is 5.10 Å². The van der Waals surface area contributed by atoms with E-state index in [0.29, 0.717) is 18.3 Å². The maximum absolute atomic E-state index is 12.0. The molecule has 0 bridgehead atoms. The fraction of sp³-hybridized carbons (Fsp3) is 0.692. The van der Waals surface area contributed by atoms with E-state index in [1.165, 1.54) is 12.8 Å². The molecule has 108 valence electrons. The molecule has 1 aliphatic heterocycles. The van der Waals surface area contributed by atoms with E-state index >= 15 is 0 Å². The third kappa shape index (κ3) is 3.70. The van der Waals surface area contributed by atoms with Crippen molar-refractivity contribution in [2.24, 2.45) is 12.5 Å². The summed E-state index contributed by atoms with van der Waals surface area (Å²) in [7, 11) is 1.78. The Kier molecular flexibility index (Phi) is 5.38. The molecular weight excluding hydrogens is 264 g/mol. The van der Waals surface area contributed by atoms with Gasteiger partial charge >= 0.3 is 0 Å². The monoisotopic (exact) mass is 286 g/mol. The van der Waals surface area contributed by atoms with E-state index in [2.05, 4.69) is 29.6 Å². The number of nitrogens with zero attached hydrogens (tertiary/aromatic N) is 2. The Labute approximate surface area is 120 Å². The van der Waals surface area contributed by atoms with Gasteiger partial charge in [0.15, 0.2) is 0 Å². The van der Waals surface area contributed by atoms with Crippen LogP contribution < -0.4 is 10.6 Å². The van der Waals surface area contributed by atoms with Crippen LogP contribution in [-0.4, -0.2) is 34.8 Å². The second-order valence-corrected chi connectivity index (χ2v) is 5.65. The number of carbonyl (C=O) groups excluding carboxylic acids is 1. The molecule has 0 saturated carbocycles. The Hall–Kier alpha value is -1.07. The molecule has 1 atom stereocenters. The Balaban J connectivity index is 0.00000180. The van der Waals surface area contributed by atoms with Gasteiger partial charge in [0.25, 0.3) is 5.91 Å². The highest BCUT2D eigenvalue weighted by Crippen LogP contribution is 2.29. The molecule has 1 aliphatic rings. The van der Waals surface area contributed by atoms with Gasteiger partial charge in [0.1, 0.15) is 5.69 Å². The third-order valence-corrected chi connectivity index (χ3v) is 3.85. The molecule has 1 amide bonds. The van der Waals surface area contributed by atoms with Crippen LogP contribution in [0.3, 0.4) is 0 Å². The maximum atomic E-state index is 12.0. The summed E-state index contributed by atoms with van der Waals surface area (Å²) in [6, 6.07) is 2.07. The average Bonchev–Trinajstić information content (AvgIpc) is 2.73. The van der Waals surface area contributed by atoms with Gasteiger partial charge in [-0.3, -0.25) is 9.48 Å². The average molecular weight is 287 g/mol. The van der Waals surface area contributed by atoms with Crippen LogP contribution in [-0.2, 0) is 7.05 Å². The maximum Gasteiger partial charge on any atom is 0.269 e. The van der Waals surface area contributed by atoms with Crippen molar-refractivity contribution >= 4 is 18.3 Å². The second-order valence-electron chi connectivity index (χ2n) is 5.65. The summed E-state index contributed by atoms with van der Waals surface area (Å²) in [5, 5.41) is 10.5. The molecular formula is C13H23ClN4O. The zero-order valence-electron chi connectivity index (χ0n) is 11.8. The molecule has 1 fully saturated rings. The highest BCUT2D eigenvalue weighted by molar-refractivity contribution is 5.92. The summed E-state index contributed by atoms with van der Waals surface area (Å²) in [6.07, 6.45) is 4.04. The minimum atomic E-state index is -0.0572. The van der Waals surface area contributed by atoms with Crippen LogP contribution in [0.1, 0.15) is 37.2 Å². The molecule has 0 aromatic carbocycles. The number of rotatable bonds is 3. The number of amides is 1. The van der Waals surface area contributed by atoms with E-state index in [1.807, 2.05) is 0 Å². The van der Waals surface area contributed by atoms with Crippen LogP contribution in [0.15, 0.2) is 12.3 Å². The molecule has 6 heteroatoms. The first-order valence-corrected chi connectivity index (χ1v) is 6.50. The quantitative estimate of drug-likeness (QED) is 0.882. The first-order chi connectivity index (χ1) is 8.50. The van der Waals surface area contributed by atoms with Crippen molar-refractivity contribution in [1.29, 1.82) is 0 Å². The number of aryl methyl sites for hydroxylation is 1. The zero-order valence-corrected chi connectivity index (χ0v) is 12.6. The summed E-state index contributed by atoms with van der Waals surface area (Å²) in [5.74, 6) is -0.0572. The highest BCUT2D eigenvalue weighted by Gasteiger charge is 2.32. The number of hydrogen-bond acceptors (Lipinski definition) is 3. The fourth-order valence-corrected chi connectivity index (χ4v) is 2.50. The fourth-order valence-electron chi connectivity index (χ4n) is 2.50. The lowest BCUT2D eigenvalue weighted by Gasteiger charge is -2.39. The second kappa shape index (κ2) is 6.39. The molecule has 2 heterocycles. The van der Waals surface area contributed by atoms with E-state index in [9.17, 15) is 4.79 Å². The predicted molar refractivity (Wildman–Crippen MR) is 77.6 cm³/mol. The van der Waals surface area contributed by atoms with Crippen LogP contribution in [0.2, 0.25) is 0 Å². The SMILES string of the molecule is Cl.Cn1nccc1C(=O)NCC1NCCCC1(C)C. The number of carbonyl (C=O) groups is 1. The molecule has 5 nitrogen and oxygen atoms in total. The van der Waals surface area contributed by atoms with E-state index < -0.39 is 0 Å². The highest BCUT2D eigenvalue weighted by atomic mass is 35.5. The van der Waals surface area contributed by atoms with Crippen LogP contribution in [0, 0.1) is 5.41 Å². The molecule has 19 heavy (non-hydrogen) atoms. The summed E-state index contributed by atoms with van der Waals surface area (Å²) in [4.78, 5) is 12.0. The van der Waals surface area contributed by atoms with Crippen molar-refractivity contribution in [3.8, 4) is 0 Å². The first kappa shape index (κ1) is 16.0. The molecule has 2 N–H and O–H groups in total. The third-order valence-electron chi connectivity index (χ3n) is 3.85. The number of aromatic nitrogens is 2. The van der Waals surface area contributed by atoms with Crippen molar-refractivity contribution in [3.05, 3.63) is 18.0 Å². The standard InChI is InChI=1S/C13H22N4O.ClH/c1-13(2)6-4-7-14-11(13)9-15-12(18)10-5-8-16-17(10)3;/h5,8,11,14H,4,6-7,9H2,1-3H3,(H,15,18);1H. The van der Waals surface area contributed by atoms with Crippen molar-refractivity contribution < 1.29 is 4.79 Å². The summed E-state index contributed by atoms with van der Waals surface area (Å²) in [6.45, 7) is 6.20. The summed E-state index contributed by atoms with van der Waals surface area (Å²) in [5.41, 5.74) is 0.835. The molecule has 1 aromatic heterocycles. The van der Waals surface area contributed by atoms with Crippen LogP contribution in [0.25, 0.3) is 0 Å². The van der Waals surface area contributed by atoms with E-state index in [4.69, 9.17) is 0 Å². The predicted octanol–water partition coefficient (Wildman–Crippen LogP) is 1.35. The largest absolute Gasteiger partial charge is 0.349 e. The Bertz CT molecular complexity index is 430. The van der Waals surface area contributed by atoms with E-state index in [-0.39, 0.29) is 23.7 Å². The van der Waals surface area contributed by atoms with Crippen molar-refractivity contribution in [1.82, 2.24) is 20.4 Å². The number of hydrogen-bond donors (Lipinski definition) is 2. The number of halogens is 1. The smallest absolute Gasteiger partial charge is 0.269 e. The number of nitrogens with one attached hydrogen (secondary N) is 2. The van der Waals surface area contributed by atoms with E-state index in [1.54, 1.807) is 24.0 Å². The van der Waals surface area contributed by atoms with Gasteiger partial charge in [-0.25, -0.2) is 0 Å². The zero-order chi connectivity index (χ0) is 13.2. The molecule has 0 aliphatic carbocycles. The van der Waals surface area contributed by atoms with Crippen LogP contribution in [0.5, 0.6) is 0 Å². The Morgan fingerprint density at radius 1 is 1.63 bits per heavy atom.